The second kappa shape index (κ2) is 5.40. The molecule has 1 aromatic carbocycles. The lowest BCUT2D eigenvalue weighted by Crippen LogP contribution is -2.26. The molecule has 0 radical (unpaired) electrons. The Kier molecular flexibility index (Phi) is 3.66. The average molecular weight is 228 g/mol. The number of fused-ring (bicyclic) bond motifs is 1. The molecular weight excluding hydrogens is 212 g/mol. The van der Waals surface area contributed by atoms with Crippen molar-refractivity contribution in [2.75, 3.05) is 18.4 Å². The third-order valence-electron chi connectivity index (χ3n) is 2.85. The van der Waals surface area contributed by atoms with Crippen molar-refractivity contribution in [3.63, 3.8) is 0 Å². The van der Waals surface area contributed by atoms with Crippen molar-refractivity contribution >= 4 is 11.6 Å². The lowest BCUT2D eigenvalue weighted by atomic mass is 9.97. The van der Waals surface area contributed by atoms with E-state index in [4.69, 9.17) is 0 Å². The molecule has 17 heavy (non-hydrogen) atoms. The number of carbonyl (C=O) groups excluding carboxylic acids is 1. The zero-order valence-electron chi connectivity index (χ0n) is 9.97. The van der Waals surface area contributed by atoms with Gasteiger partial charge in [-0.3, -0.25) is 4.79 Å². The molecule has 1 aromatic rings. The molecule has 0 spiro atoms. The second-order valence-electron chi connectivity index (χ2n) is 3.97. The van der Waals surface area contributed by atoms with E-state index in [1.807, 2.05) is 18.2 Å². The van der Waals surface area contributed by atoms with Gasteiger partial charge in [0.25, 0.3) is 5.91 Å². The van der Waals surface area contributed by atoms with Crippen LogP contribution < -0.4 is 10.6 Å². The Balaban J connectivity index is 2.19. The monoisotopic (exact) mass is 228 g/mol. The van der Waals surface area contributed by atoms with E-state index in [2.05, 4.69) is 22.5 Å². The van der Waals surface area contributed by atoms with Crippen LogP contribution in [0.15, 0.2) is 18.2 Å². The van der Waals surface area contributed by atoms with E-state index < -0.39 is 0 Å². The van der Waals surface area contributed by atoms with E-state index in [0.29, 0.717) is 6.54 Å². The van der Waals surface area contributed by atoms with Gasteiger partial charge in [0.2, 0.25) is 0 Å². The molecule has 3 heteroatoms. The fraction of sp³-hybridized carbons (Fsp3) is 0.357. The molecule has 2 rings (SSSR count). The first-order chi connectivity index (χ1) is 8.33. The number of hydrogen-bond donors (Lipinski definition) is 2. The average Bonchev–Trinajstić information content (AvgIpc) is 2.38. The summed E-state index contributed by atoms with van der Waals surface area (Å²) < 4.78 is 0. The van der Waals surface area contributed by atoms with Crippen molar-refractivity contribution in [1.29, 1.82) is 0 Å². The molecule has 88 valence electrons. The SMILES string of the molecule is CC#CCNC(=O)c1cccc2c1CCCN2. The summed E-state index contributed by atoms with van der Waals surface area (Å²) in [6.45, 7) is 3.16. The summed E-state index contributed by atoms with van der Waals surface area (Å²) in [6, 6.07) is 5.81. The molecular formula is C14H16N2O. The molecule has 0 aromatic heterocycles. The van der Waals surface area contributed by atoms with Crippen molar-refractivity contribution in [2.24, 2.45) is 0 Å². The molecule has 1 aliphatic rings. The zero-order valence-corrected chi connectivity index (χ0v) is 9.97. The maximum atomic E-state index is 12.0. The van der Waals surface area contributed by atoms with Crippen molar-refractivity contribution < 1.29 is 4.79 Å². The molecule has 2 N–H and O–H groups in total. The van der Waals surface area contributed by atoms with E-state index in [1.165, 1.54) is 0 Å². The molecule has 0 bridgehead atoms. The van der Waals surface area contributed by atoms with Crippen LogP contribution in [-0.4, -0.2) is 19.0 Å². The van der Waals surface area contributed by atoms with Crippen LogP contribution in [0.1, 0.15) is 29.3 Å². The molecule has 1 heterocycles. The first-order valence-corrected chi connectivity index (χ1v) is 5.86. The topological polar surface area (TPSA) is 41.1 Å². The summed E-state index contributed by atoms with van der Waals surface area (Å²) >= 11 is 0. The highest BCUT2D eigenvalue weighted by atomic mass is 16.1. The number of hydrogen-bond acceptors (Lipinski definition) is 2. The van der Waals surface area contributed by atoms with E-state index in [-0.39, 0.29) is 5.91 Å². The van der Waals surface area contributed by atoms with Crippen LogP contribution in [0, 0.1) is 11.8 Å². The maximum Gasteiger partial charge on any atom is 0.252 e. The van der Waals surface area contributed by atoms with Gasteiger partial charge in [-0.25, -0.2) is 0 Å². The van der Waals surface area contributed by atoms with Gasteiger partial charge in [0.05, 0.1) is 6.54 Å². The molecule has 0 unspecified atom stereocenters. The Labute approximate surface area is 102 Å². The van der Waals surface area contributed by atoms with Crippen LogP contribution in [0.2, 0.25) is 0 Å². The molecule has 1 aliphatic heterocycles. The summed E-state index contributed by atoms with van der Waals surface area (Å²) in [7, 11) is 0. The molecule has 1 amide bonds. The Bertz CT molecular complexity index is 483. The van der Waals surface area contributed by atoms with Crippen molar-refractivity contribution in [3.8, 4) is 11.8 Å². The number of amides is 1. The Hall–Kier alpha value is -1.95. The quantitative estimate of drug-likeness (QED) is 0.758. The van der Waals surface area contributed by atoms with Gasteiger partial charge in [0, 0.05) is 17.8 Å². The second-order valence-corrected chi connectivity index (χ2v) is 3.97. The van der Waals surface area contributed by atoms with Crippen LogP contribution in [-0.2, 0) is 6.42 Å². The number of benzene rings is 1. The van der Waals surface area contributed by atoms with Gasteiger partial charge in [0.15, 0.2) is 0 Å². The van der Waals surface area contributed by atoms with Crippen LogP contribution in [0.25, 0.3) is 0 Å². The minimum Gasteiger partial charge on any atom is -0.385 e. The van der Waals surface area contributed by atoms with E-state index in [0.717, 1.165) is 36.2 Å². The fourth-order valence-electron chi connectivity index (χ4n) is 2.03. The normalized spacial score (nSPS) is 12.8. The Morgan fingerprint density at radius 2 is 2.41 bits per heavy atom. The third kappa shape index (κ3) is 2.59. The van der Waals surface area contributed by atoms with Crippen molar-refractivity contribution in [1.82, 2.24) is 5.32 Å². The van der Waals surface area contributed by atoms with Crippen LogP contribution in [0.5, 0.6) is 0 Å². The van der Waals surface area contributed by atoms with Gasteiger partial charge < -0.3 is 10.6 Å². The van der Waals surface area contributed by atoms with Crippen LogP contribution in [0.3, 0.4) is 0 Å². The van der Waals surface area contributed by atoms with Gasteiger partial charge in [-0.2, -0.15) is 0 Å². The van der Waals surface area contributed by atoms with Crippen molar-refractivity contribution in [2.45, 2.75) is 19.8 Å². The number of rotatable bonds is 2. The van der Waals surface area contributed by atoms with E-state index >= 15 is 0 Å². The number of nitrogens with one attached hydrogen (secondary N) is 2. The molecule has 0 fully saturated rings. The third-order valence-corrected chi connectivity index (χ3v) is 2.85. The first kappa shape index (κ1) is 11.5. The summed E-state index contributed by atoms with van der Waals surface area (Å²) in [5.41, 5.74) is 2.98. The summed E-state index contributed by atoms with van der Waals surface area (Å²) in [6.07, 6.45) is 2.04. The first-order valence-electron chi connectivity index (χ1n) is 5.86. The largest absolute Gasteiger partial charge is 0.385 e. The van der Waals surface area contributed by atoms with Crippen molar-refractivity contribution in [3.05, 3.63) is 29.3 Å². The summed E-state index contributed by atoms with van der Waals surface area (Å²) in [5, 5.41) is 6.13. The van der Waals surface area contributed by atoms with Crippen LogP contribution >= 0.6 is 0 Å². The number of carbonyl (C=O) groups is 1. The van der Waals surface area contributed by atoms with Gasteiger partial charge in [-0.15, -0.1) is 5.92 Å². The fourth-order valence-corrected chi connectivity index (χ4v) is 2.03. The minimum atomic E-state index is -0.0340. The van der Waals surface area contributed by atoms with E-state index in [9.17, 15) is 4.79 Å². The molecule has 0 aliphatic carbocycles. The summed E-state index contributed by atoms with van der Waals surface area (Å²) in [4.78, 5) is 12.0. The highest BCUT2D eigenvalue weighted by Crippen LogP contribution is 2.25. The smallest absolute Gasteiger partial charge is 0.252 e. The minimum absolute atomic E-state index is 0.0340. The maximum absolute atomic E-state index is 12.0. The van der Waals surface area contributed by atoms with Gasteiger partial charge in [-0.1, -0.05) is 12.0 Å². The predicted molar refractivity (Wildman–Crippen MR) is 69.0 cm³/mol. The summed E-state index contributed by atoms with van der Waals surface area (Å²) in [5.74, 6) is 5.56. The molecule has 0 saturated heterocycles. The molecule has 3 nitrogen and oxygen atoms in total. The Morgan fingerprint density at radius 1 is 1.53 bits per heavy atom. The zero-order chi connectivity index (χ0) is 12.1. The lowest BCUT2D eigenvalue weighted by molar-refractivity contribution is 0.0957. The van der Waals surface area contributed by atoms with Gasteiger partial charge in [0.1, 0.15) is 0 Å². The highest BCUT2D eigenvalue weighted by Gasteiger charge is 2.16. The van der Waals surface area contributed by atoms with Crippen LogP contribution in [0.4, 0.5) is 5.69 Å². The molecule has 0 atom stereocenters. The highest BCUT2D eigenvalue weighted by molar-refractivity contribution is 5.97. The Morgan fingerprint density at radius 3 is 3.24 bits per heavy atom. The van der Waals surface area contributed by atoms with Gasteiger partial charge in [-0.05, 0) is 37.5 Å². The standard InChI is InChI=1S/C14H16N2O/c1-2-3-9-16-14(17)12-6-4-8-13-11(12)7-5-10-15-13/h4,6,8,15H,5,7,9-10H2,1H3,(H,16,17). The number of anilines is 1. The van der Waals surface area contributed by atoms with E-state index in [1.54, 1.807) is 6.92 Å². The predicted octanol–water partition coefficient (Wildman–Crippen LogP) is 1.80. The molecule has 0 saturated carbocycles. The van der Waals surface area contributed by atoms with Gasteiger partial charge >= 0.3 is 0 Å². The lowest BCUT2D eigenvalue weighted by Gasteiger charge is -2.20.